The summed E-state index contributed by atoms with van der Waals surface area (Å²) in [5, 5.41) is 11.1. The van der Waals surface area contributed by atoms with Gasteiger partial charge in [0.15, 0.2) is 0 Å². The van der Waals surface area contributed by atoms with Crippen molar-refractivity contribution in [3.05, 3.63) is 20.8 Å². The zero-order valence-corrected chi connectivity index (χ0v) is 12.8. The van der Waals surface area contributed by atoms with E-state index < -0.39 is 5.97 Å². The fourth-order valence-electron chi connectivity index (χ4n) is 2.58. The number of hydrogen-bond acceptors (Lipinski definition) is 3. The van der Waals surface area contributed by atoms with Gasteiger partial charge in [-0.05, 0) is 54.7 Å². The summed E-state index contributed by atoms with van der Waals surface area (Å²) < 4.78 is 1.14. The van der Waals surface area contributed by atoms with Crippen LogP contribution in [0.5, 0.6) is 0 Å². The molecule has 1 saturated carbocycles. The van der Waals surface area contributed by atoms with Crippen LogP contribution in [0.25, 0.3) is 0 Å². The van der Waals surface area contributed by atoms with Crippen molar-refractivity contribution in [2.45, 2.75) is 38.3 Å². The van der Waals surface area contributed by atoms with Crippen molar-refractivity contribution >= 4 is 33.2 Å². The Labute approximate surface area is 120 Å². The largest absolute Gasteiger partial charge is 0.481 e. The van der Waals surface area contributed by atoms with Crippen LogP contribution in [-0.4, -0.2) is 29.1 Å². The molecule has 18 heavy (non-hydrogen) atoms. The number of aliphatic carboxylic acids is 1. The molecule has 2 rings (SSSR count). The summed E-state index contributed by atoms with van der Waals surface area (Å²) in [5.41, 5.74) is 0. The number of rotatable bonds is 4. The third-order valence-electron chi connectivity index (χ3n) is 3.70. The second kappa shape index (κ2) is 6.17. The Morgan fingerprint density at radius 1 is 1.50 bits per heavy atom. The molecule has 1 aromatic rings. The van der Waals surface area contributed by atoms with Crippen molar-refractivity contribution in [2.24, 2.45) is 5.92 Å². The molecule has 0 radical (unpaired) electrons. The third kappa shape index (κ3) is 3.56. The summed E-state index contributed by atoms with van der Waals surface area (Å²) in [6, 6.07) is 2.69. The van der Waals surface area contributed by atoms with Gasteiger partial charge in [0.1, 0.15) is 0 Å². The van der Waals surface area contributed by atoms with Crippen LogP contribution in [0.4, 0.5) is 0 Å². The number of thiophene rings is 1. The number of nitrogens with zero attached hydrogens (tertiary/aromatic N) is 1. The van der Waals surface area contributed by atoms with E-state index in [-0.39, 0.29) is 5.92 Å². The van der Waals surface area contributed by atoms with Gasteiger partial charge < -0.3 is 5.11 Å². The monoisotopic (exact) mass is 331 g/mol. The molecule has 0 atom stereocenters. The van der Waals surface area contributed by atoms with Gasteiger partial charge in [0, 0.05) is 27.3 Å². The van der Waals surface area contributed by atoms with Crippen LogP contribution in [0.3, 0.4) is 0 Å². The molecule has 0 unspecified atom stereocenters. The lowest BCUT2D eigenvalue weighted by molar-refractivity contribution is -0.143. The molecular weight excluding hydrogens is 314 g/mol. The molecule has 3 nitrogen and oxygen atoms in total. The van der Waals surface area contributed by atoms with Gasteiger partial charge in [0.25, 0.3) is 0 Å². The zero-order chi connectivity index (χ0) is 13.1. The maximum Gasteiger partial charge on any atom is 0.306 e. The van der Waals surface area contributed by atoms with E-state index >= 15 is 0 Å². The molecule has 0 saturated heterocycles. The molecule has 0 spiro atoms. The number of carboxylic acid groups (broad SMARTS) is 1. The van der Waals surface area contributed by atoms with Gasteiger partial charge in [0.05, 0.1) is 5.92 Å². The molecular formula is C13H18BrNO2S. The molecule has 1 aromatic heterocycles. The first-order chi connectivity index (χ1) is 8.56. The third-order valence-corrected chi connectivity index (χ3v) is 5.38. The van der Waals surface area contributed by atoms with Crippen LogP contribution in [0.1, 0.15) is 30.6 Å². The van der Waals surface area contributed by atoms with E-state index in [1.165, 1.54) is 4.88 Å². The van der Waals surface area contributed by atoms with Gasteiger partial charge in [-0.3, -0.25) is 9.69 Å². The van der Waals surface area contributed by atoms with Crippen LogP contribution < -0.4 is 0 Å². The summed E-state index contributed by atoms with van der Waals surface area (Å²) in [4.78, 5) is 14.6. The molecule has 5 heteroatoms. The molecule has 1 aliphatic rings. The zero-order valence-electron chi connectivity index (χ0n) is 10.4. The van der Waals surface area contributed by atoms with Crippen molar-refractivity contribution in [2.75, 3.05) is 7.05 Å². The van der Waals surface area contributed by atoms with E-state index in [4.69, 9.17) is 5.11 Å². The van der Waals surface area contributed by atoms with Gasteiger partial charge in [0.2, 0.25) is 0 Å². The Bertz CT molecular complexity index is 413. The molecule has 100 valence electrons. The van der Waals surface area contributed by atoms with Crippen molar-refractivity contribution in [3.63, 3.8) is 0 Å². The van der Waals surface area contributed by atoms with E-state index in [1.807, 2.05) is 0 Å². The molecule has 0 aromatic carbocycles. The highest BCUT2D eigenvalue weighted by Crippen LogP contribution is 2.29. The van der Waals surface area contributed by atoms with E-state index in [0.29, 0.717) is 6.04 Å². The van der Waals surface area contributed by atoms with E-state index in [1.54, 1.807) is 11.3 Å². The predicted octanol–water partition coefficient (Wildman–Crippen LogP) is 3.59. The smallest absolute Gasteiger partial charge is 0.306 e. The predicted molar refractivity (Wildman–Crippen MR) is 76.9 cm³/mol. The van der Waals surface area contributed by atoms with Crippen LogP contribution >= 0.6 is 27.3 Å². The number of carboxylic acids is 1. The Morgan fingerprint density at radius 3 is 2.67 bits per heavy atom. The van der Waals surface area contributed by atoms with Crippen molar-refractivity contribution in [3.8, 4) is 0 Å². The van der Waals surface area contributed by atoms with Crippen molar-refractivity contribution in [1.29, 1.82) is 0 Å². The Balaban J connectivity index is 1.84. The summed E-state index contributed by atoms with van der Waals surface area (Å²) in [6.07, 6.45) is 3.64. The van der Waals surface area contributed by atoms with Gasteiger partial charge in [-0.1, -0.05) is 0 Å². The average molecular weight is 332 g/mol. The van der Waals surface area contributed by atoms with E-state index in [2.05, 4.69) is 39.3 Å². The lowest BCUT2D eigenvalue weighted by Crippen LogP contribution is -2.36. The highest BCUT2D eigenvalue weighted by Gasteiger charge is 2.27. The van der Waals surface area contributed by atoms with Crippen molar-refractivity contribution < 1.29 is 9.90 Å². The second-order valence-electron chi connectivity index (χ2n) is 4.99. The highest BCUT2D eigenvalue weighted by atomic mass is 79.9. The number of halogens is 1. The van der Waals surface area contributed by atoms with Crippen LogP contribution in [0.15, 0.2) is 15.9 Å². The normalized spacial score (nSPS) is 24.4. The first-order valence-electron chi connectivity index (χ1n) is 6.22. The topological polar surface area (TPSA) is 40.5 Å². The first kappa shape index (κ1) is 14.0. The molecule has 0 amide bonds. The lowest BCUT2D eigenvalue weighted by atomic mass is 9.85. The Morgan fingerprint density at radius 2 is 2.17 bits per heavy atom. The molecule has 1 aliphatic carbocycles. The fourth-order valence-corrected chi connectivity index (χ4v) is 4.09. The van der Waals surface area contributed by atoms with Gasteiger partial charge >= 0.3 is 5.97 Å². The molecule has 1 heterocycles. The Hall–Kier alpha value is -0.390. The summed E-state index contributed by atoms with van der Waals surface area (Å²) in [5.74, 6) is -0.746. The van der Waals surface area contributed by atoms with Crippen LogP contribution in [-0.2, 0) is 11.3 Å². The van der Waals surface area contributed by atoms with Gasteiger partial charge in [-0.15, -0.1) is 11.3 Å². The number of carbonyl (C=O) groups is 1. The van der Waals surface area contributed by atoms with E-state index in [9.17, 15) is 4.79 Å². The minimum Gasteiger partial charge on any atom is -0.481 e. The summed E-state index contributed by atoms with van der Waals surface area (Å²) >= 11 is 5.23. The maximum atomic E-state index is 10.9. The quantitative estimate of drug-likeness (QED) is 0.916. The standard InChI is InChI=1S/C13H18BrNO2S/c1-15(7-12-6-10(14)8-18-12)11-4-2-9(3-5-11)13(16)17/h6,8-9,11H,2-5,7H2,1H3,(H,16,17). The molecule has 0 bridgehead atoms. The lowest BCUT2D eigenvalue weighted by Gasteiger charge is -2.33. The molecule has 1 fully saturated rings. The highest BCUT2D eigenvalue weighted by molar-refractivity contribution is 9.10. The first-order valence-corrected chi connectivity index (χ1v) is 7.89. The number of hydrogen-bond donors (Lipinski definition) is 1. The molecule has 0 aliphatic heterocycles. The maximum absolute atomic E-state index is 10.9. The van der Waals surface area contributed by atoms with E-state index in [0.717, 1.165) is 36.7 Å². The fraction of sp³-hybridized carbons (Fsp3) is 0.615. The average Bonchev–Trinajstić information content (AvgIpc) is 2.75. The minimum atomic E-state index is -0.627. The SMILES string of the molecule is CN(Cc1cc(Br)cs1)C1CCC(C(=O)O)CC1. The second-order valence-corrected chi connectivity index (χ2v) is 6.90. The van der Waals surface area contributed by atoms with Crippen molar-refractivity contribution in [1.82, 2.24) is 4.90 Å². The minimum absolute atomic E-state index is 0.120. The molecule has 1 N–H and O–H groups in total. The summed E-state index contributed by atoms with van der Waals surface area (Å²) in [6.45, 7) is 0.957. The van der Waals surface area contributed by atoms with Crippen LogP contribution in [0, 0.1) is 5.92 Å². The van der Waals surface area contributed by atoms with Gasteiger partial charge in [-0.2, -0.15) is 0 Å². The van der Waals surface area contributed by atoms with Gasteiger partial charge in [-0.25, -0.2) is 0 Å². The van der Waals surface area contributed by atoms with Crippen LogP contribution in [0.2, 0.25) is 0 Å². The summed E-state index contributed by atoms with van der Waals surface area (Å²) in [7, 11) is 2.14. The Kier molecular flexibility index (Phi) is 4.81.